The minimum absolute atomic E-state index is 0.211. The number of aromatic nitrogens is 1. The van der Waals surface area contributed by atoms with Gasteiger partial charge in [-0.25, -0.2) is 9.78 Å². The van der Waals surface area contributed by atoms with E-state index in [1.54, 1.807) is 0 Å². The highest BCUT2D eigenvalue weighted by molar-refractivity contribution is 7.13. The molecule has 0 bridgehead atoms. The van der Waals surface area contributed by atoms with Gasteiger partial charge in [-0.05, 0) is 26.7 Å². The molecule has 1 heterocycles. The van der Waals surface area contributed by atoms with Crippen LogP contribution in [0.3, 0.4) is 0 Å². The number of rotatable bonds is 2. The number of amides is 2. The van der Waals surface area contributed by atoms with Crippen LogP contribution in [0.4, 0.5) is 9.93 Å². The third-order valence-corrected chi connectivity index (χ3v) is 2.60. The number of carbonyl (C=O) groups is 1. The van der Waals surface area contributed by atoms with Gasteiger partial charge in [0.2, 0.25) is 0 Å². The third kappa shape index (κ3) is 4.18. The van der Waals surface area contributed by atoms with Crippen LogP contribution in [0.25, 0.3) is 0 Å². The number of hydrogen-bond acceptors (Lipinski definition) is 3. The molecule has 0 unspecified atom stereocenters. The molecular formula is C11H19N3OS. The summed E-state index contributed by atoms with van der Waals surface area (Å²) in [5.41, 5.74) is 0.776. The summed E-state index contributed by atoms with van der Waals surface area (Å²) in [4.78, 5) is 15.9. The number of anilines is 1. The molecule has 0 saturated heterocycles. The van der Waals surface area contributed by atoms with E-state index in [0.717, 1.165) is 5.69 Å². The van der Waals surface area contributed by atoms with Gasteiger partial charge in [0.15, 0.2) is 5.13 Å². The average molecular weight is 241 g/mol. The predicted molar refractivity (Wildman–Crippen MR) is 68.1 cm³/mol. The van der Waals surface area contributed by atoms with Crippen LogP contribution in [0.2, 0.25) is 0 Å². The highest BCUT2D eigenvalue weighted by atomic mass is 32.1. The van der Waals surface area contributed by atoms with Crippen molar-refractivity contribution in [3.8, 4) is 0 Å². The van der Waals surface area contributed by atoms with E-state index < -0.39 is 0 Å². The van der Waals surface area contributed by atoms with Crippen molar-refractivity contribution in [2.75, 3.05) is 5.32 Å². The van der Waals surface area contributed by atoms with Crippen LogP contribution in [0.5, 0.6) is 0 Å². The maximum atomic E-state index is 11.6. The number of nitrogens with zero attached hydrogens (tertiary/aromatic N) is 1. The number of urea groups is 1. The lowest BCUT2D eigenvalue weighted by Crippen LogP contribution is -2.43. The normalized spacial score (nSPS) is 11.6. The maximum Gasteiger partial charge on any atom is 0.321 e. The van der Waals surface area contributed by atoms with E-state index in [4.69, 9.17) is 0 Å². The van der Waals surface area contributed by atoms with Gasteiger partial charge in [0.05, 0.1) is 5.69 Å². The zero-order chi connectivity index (χ0) is 12.3. The fourth-order valence-electron chi connectivity index (χ4n) is 1.08. The van der Waals surface area contributed by atoms with Gasteiger partial charge in [0, 0.05) is 10.9 Å². The molecule has 0 aliphatic rings. The van der Waals surface area contributed by atoms with Crippen molar-refractivity contribution in [3.63, 3.8) is 0 Å². The lowest BCUT2D eigenvalue weighted by Gasteiger charge is -2.20. The van der Waals surface area contributed by atoms with Gasteiger partial charge in [0.1, 0.15) is 0 Å². The minimum atomic E-state index is -0.234. The number of thiazole rings is 1. The predicted octanol–water partition coefficient (Wildman–Crippen LogP) is 3.19. The van der Waals surface area contributed by atoms with Crippen LogP contribution >= 0.6 is 11.3 Å². The molecule has 0 spiro atoms. The zero-order valence-electron chi connectivity index (χ0n) is 10.4. The minimum Gasteiger partial charge on any atom is -0.333 e. The van der Waals surface area contributed by atoms with Crippen molar-refractivity contribution >= 4 is 22.5 Å². The van der Waals surface area contributed by atoms with E-state index in [1.807, 2.05) is 26.2 Å². The molecule has 0 aromatic carbocycles. The van der Waals surface area contributed by atoms with Crippen LogP contribution < -0.4 is 10.6 Å². The SMILES string of the molecule is CC(C)c1csc(NC(=O)NC(C)(C)C)n1. The Kier molecular flexibility index (Phi) is 3.91. The molecule has 1 rings (SSSR count). The highest BCUT2D eigenvalue weighted by Crippen LogP contribution is 2.21. The molecule has 0 saturated carbocycles. The first-order valence-corrected chi connectivity index (χ1v) is 6.20. The monoisotopic (exact) mass is 241 g/mol. The number of hydrogen-bond donors (Lipinski definition) is 2. The molecule has 0 aliphatic heterocycles. The summed E-state index contributed by atoms with van der Waals surface area (Å²) >= 11 is 1.45. The second-order valence-electron chi connectivity index (χ2n) is 5.06. The zero-order valence-corrected chi connectivity index (χ0v) is 11.2. The van der Waals surface area contributed by atoms with Crippen LogP contribution in [-0.2, 0) is 0 Å². The standard InChI is InChI=1S/C11H19N3OS/c1-7(2)8-6-16-10(12-8)13-9(15)14-11(3,4)5/h6-7H,1-5H3,(H2,12,13,14,15). The maximum absolute atomic E-state index is 11.6. The van der Waals surface area contributed by atoms with Crippen molar-refractivity contribution in [3.05, 3.63) is 11.1 Å². The lowest BCUT2D eigenvalue weighted by atomic mass is 10.1. The Balaban J connectivity index is 2.57. The topological polar surface area (TPSA) is 54.0 Å². The van der Waals surface area contributed by atoms with Crippen molar-refractivity contribution in [1.82, 2.24) is 10.3 Å². The quantitative estimate of drug-likeness (QED) is 0.835. The molecule has 0 radical (unpaired) electrons. The van der Waals surface area contributed by atoms with Gasteiger partial charge in [-0.15, -0.1) is 11.3 Å². The summed E-state index contributed by atoms with van der Waals surface area (Å²) in [6, 6.07) is -0.211. The first kappa shape index (κ1) is 13.0. The van der Waals surface area contributed by atoms with E-state index in [9.17, 15) is 4.79 Å². The summed E-state index contributed by atoms with van der Waals surface area (Å²) in [5, 5.41) is 8.17. The molecule has 16 heavy (non-hydrogen) atoms. The molecule has 0 fully saturated rings. The summed E-state index contributed by atoms with van der Waals surface area (Å²) in [6.07, 6.45) is 0. The van der Waals surface area contributed by atoms with Gasteiger partial charge >= 0.3 is 6.03 Å². The molecule has 5 heteroatoms. The lowest BCUT2D eigenvalue weighted by molar-refractivity contribution is 0.244. The second kappa shape index (κ2) is 4.82. The molecule has 0 atom stereocenters. The second-order valence-corrected chi connectivity index (χ2v) is 5.92. The van der Waals surface area contributed by atoms with Crippen molar-refractivity contribution in [1.29, 1.82) is 0 Å². The van der Waals surface area contributed by atoms with Gasteiger partial charge in [-0.3, -0.25) is 5.32 Å². The first-order chi connectivity index (χ1) is 7.28. The molecule has 90 valence electrons. The van der Waals surface area contributed by atoms with Crippen LogP contribution in [0, 0.1) is 0 Å². The Morgan fingerprint density at radius 1 is 1.44 bits per heavy atom. The van der Waals surface area contributed by atoms with Crippen molar-refractivity contribution in [2.45, 2.75) is 46.1 Å². The number of nitrogens with one attached hydrogen (secondary N) is 2. The van der Waals surface area contributed by atoms with E-state index in [-0.39, 0.29) is 11.6 Å². The smallest absolute Gasteiger partial charge is 0.321 e. The third-order valence-electron chi connectivity index (χ3n) is 1.82. The first-order valence-electron chi connectivity index (χ1n) is 5.32. The highest BCUT2D eigenvalue weighted by Gasteiger charge is 2.15. The Morgan fingerprint density at radius 2 is 2.06 bits per heavy atom. The van der Waals surface area contributed by atoms with E-state index in [2.05, 4.69) is 29.5 Å². The molecule has 2 N–H and O–H groups in total. The number of carbonyl (C=O) groups excluding carboxylic acids is 1. The molecule has 4 nitrogen and oxygen atoms in total. The van der Waals surface area contributed by atoms with Gasteiger partial charge in [-0.1, -0.05) is 13.8 Å². The van der Waals surface area contributed by atoms with E-state index in [1.165, 1.54) is 11.3 Å². The van der Waals surface area contributed by atoms with Gasteiger partial charge < -0.3 is 5.32 Å². The van der Waals surface area contributed by atoms with E-state index in [0.29, 0.717) is 11.0 Å². The Morgan fingerprint density at radius 3 is 2.50 bits per heavy atom. The Hall–Kier alpha value is -1.10. The van der Waals surface area contributed by atoms with Gasteiger partial charge in [0.25, 0.3) is 0 Å². The molecule has 1 aromatic heterocycles. The summed E-state index contributed by atoms with van der Waals surface area (Å²) in [7, 11) is 0. The van der Waals surface area contributed by atoms with Crippen LogP contribution in [0.1, 0.15) is 46.2 Å². The summed E-state index contributed by atoms with van der Waals surface area (Å²) in [6.45, 7) is 9.97. The van der Waals surface area contributed by atoms with Crippen LogP contribution in [0.15, 0.2) is 5.38 Å². The summed E-state index contributed by atoms with van der Waals surface area (Å²) in [5.74, 6) is 0.387. The van der Waals surface area contributed by atoms with Crippen molar-refractivity contribution in [2.24, 2.45) is 0 Å². The van der Waals surface area contributed by atoms with Gasteiger partial charge in [-0.2, -0.15) is 0 Å². The average Bonchev–Trinajstić information content (AvgIpc) is 2.48. The Labute approximate surface area is 100 Å². The fraction of sp³-hybridized carbons (Fsp3) is 0.636. The largest absolute Gasteiger partial charge is 0.333 e. The van der Waals surface area contributed by atoms with E-state index >= 15 is 0 Å². The molecule has 1 aromatic rings. The molecule has 2 amide bonds. The van der Waals surface area contributed by atoms with Crippen LogP contribution in [-0.4, -0.2) is 16.6 Å². The Bertz CT molecular complexity index is 366. The fourth-order valence-corrected chi connectivity index (χ4v) is 1.94. The molecular weight excluding hydrogens is 222 g/mol. The van der Waals surface area contributed by atoms with Crippen molar-refractivity contribution < 1.29 is 4.79 Å². The molecule has 0 aliphatic carbocycles. The summed E-state index contributed by atoms with van der Waals surface area (Å²) < 4.78 is 0.